The van der Waals surface area contributed by atoms with Crippen LogP contribution in [0.1, 0.15) is 16.3 Å². The van der Waals surface area contributed by atoms with Crippen LogP contribution >= 0.6 is 0 Å². The monoisotopic (exact) mass is 329 g/mol. The average Bonchev–Trinajstić information content (AvgIpc) is 3.08. The van der Waals surface area contributed by atoms with Crippen LogP contribution in [0.3, 0.4) is 0 Å². The first-order chi connectivity index (χ1) is 12.2. The highest BCUT2D eigenvalue weighted by Crippen LogP contribution is 2.15. The van der Waals surface area contributed by atoms with E-state index in [9.17, 15) is 4.79 Å². The minimum atomic E-state index is -0.265. The first-order valence-corrected chi connectivity index (χ1v) is 7.84. The normalized spacial score (nSPS) is 10.8. The number of imidazole rings is 1. The molecule has 3 heterocycles. The van der Waals surface area contributed by atoms with Gasteiger partial charge in [-0.05, 0) is 31.2 Å². The summed E-state index contributed by atoms with van der Waals surface area (Å²) in [6.45, 7) is 1.91. The van der Waals surface area contributed by atoms with Crippen molar-refractivity contribution in [3.63, 3.8) is 0 Å². The lowest BCUT2D eigenvalue weighted by Crippen LogP contribution is -2.14. The van der Waals surface area contributed by atoms with E-state index in [2.05, 4.69) is 20.3 Å². The lowest BCUT2D eigenvalue weighted by atomic mass is 10.2. The summed E-state index contributed by atoms with van der Waals surface area (Å²) in [5.41, 5.74) is 1.77. The number of nitrogens with zero attached hydrogens (tertiary/aromatic N) is 4. The van der Waals surface area contributed by atoms with Gasteiger partial charge in [0.15, 0.2) is 0 Å². The van der Waals surface area contributed by atoms with E-state index in [0.717, 1.165) is 22.5 Å². The van der Waals surface area contributed by atoms with Crippen LogP contribution in [-0.4, -0.2) is 25.4 Å². The molecular formula is C19H15N5O. The number of aromatic nitrogens is 4. The maximum atomic E-state index is 12.4. The van der Waals surface area contributed by atoms with Crippen LogP contribution in [0.2, 0.25) is 0 Å². The Morgan fingerprint density at radius 2 is 1.92 bits per heavy atom. The first-order valence-electron chi connectivity index (χ1n) is 7.84. The number of amides is 1. The topological polar surface area (TPSA) is 72.7 Å². The van der Waals surface area contributed by atoms with Gasteiger partial charge in [0.2, 0.25) is 0 Å². The molecule has 0 aliphatic rings. The molecule has 4 aromatic rings. The number of anilines is 1. The molecule has 0 aliphatic carbocycles. The number of carbonyl (C=O) groups is 1. The molecule has 1 N–H and O–H groups in total. The largest absolute Gasteiger partial charge is 0.319 e. The molecular weight excluding hydrogens is 314 g/mol. The summed E-state index contributed by atoms with van der Waals surface area (Å²) in [7, 11) is 0. The van der Waals surface area contributed by atoms with Crippen LogP contribution in [-0.2, 0) is 0 Å². The third-order valence-corrected chi connectivity index (χ3v) is 3.91. The Bertz CT molecular complexity index is 1050. The predicted molar refractivity (Wildman–Crippen MR) is 95.8 cm³/mol. The predicted octanol–water partition coefficient (Wildman–Crippen LogP) is 3.38. The highest BCUT2D eigenvalue weighted by atomic mass is 16.1. The lowest BCUT2D eigenvalue weighted by Gasteiger charge is -2.07. The highest BCUT2D eigenvalue weighted by Gasteiger charge is 2.09. The molecule has 6 heteroatoms. The van der Waals surface area contributed by atoms with E-state index in [1.54, 1.807) is 24.5 Å². The Kier molecular flexibility index (Phi) is 3.70. The molecule has 25 heavy (non-hydrogen) atoms. The molecule has 0 aliphatic heterocycles. The Labute approximate surface area is 144 Å². The highest BCUT2D eigenvalue weighted by molar-refractivity contribution is 6.04. The second kappa shape index (κ2) is 6.16. The lowest BCUT2D eigenvalue weighted by molar-refractivity contribution is 0.102. The van der Waals surface area contributed by atoms with E-state index in [-0.39, 0.29) is 5.91 Å². The second-order valence-corrected chi connectivity index (χ2v) is 5.59. The fourth-order valence-electron chi connectivity index (χ4n) is 2.61. The van der Waals surface area contributed by atoms with Crippen molar-refractivity contribution in [1.82, 2.24) is 19.5 Å². The zero-order valence-corrected chi connectivity index (χ0v) is 13.5. The number of hydrogen-bond acceptors (Lipinski definition) is 4. The Hall–Kier alpha value is -3.54. The van der Waals surface area contributed by atoms with Gasteiger partial charge in [0.25, 0.3) is 5.91 Å². The summed E-state index contributed by atoms with van der Waals surface area (Å²) >= 11 is 0. The van der Waals surface area contributed by atoms with Gasteiger partial charge in [-0.2, -0.15) is 0 Å². The maximum absolute atomic E-state index is 12.4. The van der Waals surface area contributed by atoms with Gasteiger partial charge in [0, 0.05) is 17.8 Å². The van der Waals surface area contributed by atoms with Crippen molar-refractivity contribution >= 4 is 22.5 Å². The summed E-state index contributed by atoms with van der Waals surface area (Å²) < 4.78 is 1.87. The molecule has 0 bridgehead atoms. The summed E-state index contributed by atoms with van der Waals surface area (Å²) in [6.07, 6.45) is 5.18. The molecule has 1 amide bonds. The van der Waals surface area contributed by atoms with Gasteiger partial charge >= 0.3 is 0 Å². The van der Waals surface area contributed by atoms with Gasteiger partial charge in [0.05, 0.1) is 17.4 Å². The molecule has 122 valence electrons. The van der Waals surface area contributed by atoms with Crippen LogP contribution in [0.25, 0.3) is 16.7 Å². The van der Waals surface area contributed by atoms with Gasteiger partial charge in [-0.25, -0.2) is 15.0 Å². The van der Waals surface area contributed by atoms with Crippen LogP contribution < -0.4 is 5.32 Å². The van der Waals surface area contributed by atoms with E-state index >= 15 is 0 Å². The van der Waals surface area contributed by atoms with Crippen LogP contribution in [0.15, 0.2) is 67.1 Å². The van der Waals surface area contributed by atoms with Crippen molar-refractivity contribution in [2.75, 3.05) is 5.32 Å². The number of para-hydroxylation sites is 1. The standard InChI is InChI=1S/C19H15N5O/c1-13-20-10-11-24(13)18-9-7-15(12-21-18)22-19(25)17-8-6-14-4-2-3-5-16(14)23-17/h2-12H,1H3,(H,22,25). The summed E-state index contributed by atoms with van der Waals surface area (Å²) in [5.74, 6) is 1.33. The second-order valence-electron chi connectivity index (χ2n) is 5.59. The van der Waals surface area contributed by atoms with Crippen LogP contribution in [0.4, 0.5) is 5.69 Å². The molecule has 6 nitrogen and oxygen atoms in total. The van der Waals surface area contributed by atoms with E-state index in [4.69, 9.17) is 0 Å². The Balaban J connectivity index is 1.54. The minimum Gasteiger partial charge on any atom is -0.319 e. The number of nitrogens with one attached hydrogen (secondary N) is 1. The number of hydrogen-bond donors (Lipinski definition) is 1. The van der Waals surface area contributed by atoms with E-state index < -0.39 is 0 Å². The first kappa shape index (κ1) is 15.0. The number of carbonyl (C=O) groups excluding carboxylic acids is 1. The van der Waals surface area contributed by atoms with E-state index in [0.29, 0.717) is 11.4 Å². The Morgan fingerprint density at radius 1 is 1.04 bits per heavy atom. The Morgan fingerprint density at radius 3 is 2.68 bits per heavy atom. The quantitative estimate of drug-likeness (QED) is 0.625. The minimum absolute atomic E-state index is 0.265. The zero-order valence-electron chi connectivity index (χ0n) is 13.5. The van der Waals surface area contributed by atoms with Crippen molar-refractivity contribution < 1.29 is 4.79 Å². The third kappa shape index (κ3) is 2.97. The summed E-state index contributed by atoms with van der Waals surface area (Å²) in [5, 5.41) is 3.82. The van der Waals surface area contributed by atoms with Gasteiger partial charge < -0.3 is 5.32 Å². The van der Waals surface area contributed by atoms with Gasteiger partial charge in [0.1, 0.15) is 17.3 Å². The molecule has 0 fully saturated rings. The molecule has 3 aromatic heterocycles. The molecule has 0 radical (unpaired) electrons. The van der Waals surface area contributed by atoms with E-state index in [1.807, 2.05) is 54.1 Å². The van der Waals surface area contributed by atoms with Crippen molar-refractivity contribution in [2.45, 2.75) is 6.92 Å². The van der Waals surface area contributed by atoms with E-state index in [1.165, 1.54) is 0 Å². The molecule has 0 unspecified atom stereocenters. The fourth-order valence-corrected chi connectivity index (χ4v) is 2.61. The molecule has 1 aromatic carbocycles. The van der Waals surface area contributed by atoms with Crippen molar-refractivity contribution in [3.8, 4) is 5.82 Å². The maximum Gasteiger partial charge on any atom is 0.274 e. The number of aryl methyl sites for hydroxylation is 1. The van der Waals surface area contributed by atoms with Gasteiger partial charge in [-0.1, -0.05) is 24.3 Å². The number of rotatable bonds is 3. The zero-order chi connectivity index (χ0) is 17.2. The smallest absolute Gasteiger partial charge is 0.274 e. The SMILES string of the molecule is Cc1nccn1-c1ccc(NC(=O)c2ccc3ccccc3n2)cn1. The molecule has 0 spiro atoms. The summed E-state index contributed by atoms with van der Waals surface area (Å²) in [6, 6.07) is 14.9. The van der Waals surface area contributed by atoms with Gasteiger partial charge in [-0.15, -0.1) is 0 Å². The van der Waals surface area contributed by atoms with Gasteiger partial charge in [-0.3, -0.25) is 9.36 Å². The van der Waals surface area contributed by atoms with Crippen molar-refractivity contribution in [3.05, 3.63) is 78.6 Å². The van der Waals surface area contributed by atoms with Crippen molar-refractivity contribution in [1.29, 1.82) is 0 Å². The van der Waals surface area contributed by atoms with Crippen LogP contribution in [0.5, 0.6) is 0 Å². The third-order valence-electron chi connectivity index (χ3n) is 3.91. The number of pyridine rings is 2. The van der Waals surface area contributed by atoms with Crippen molar-refractivity contribution in [2.24, 2.45) is 0 Å². The molecule has 4 rings (SSSR count). The molecule has 0 saturated carbocycles. The fraction of sp³-hybridized carbons (Fsp3) is 0.0526. The number of benzene rings is 1. The summed E-state index contributed by atoms with van der Waals surface area (Å²) in [4.78, 5) is 25.3. The molecule has 0 atom stereocenters. The molecule has 0 saturated heterocycles. The average molecular weight is 329 g/mol. The van der Waals surface area contributed by atoms with Crippen LogP contribution in [0, 0.1) is 6.92 Å². The number of fused-ring (bicyclic) bond motifs is 1.